The normalized spacial score (nSPS) is 15.1. The first-order chi connectivity index (χ1) is 11.5. The quantitative estimate of drug-likeness (QED) is 0.843. The summed E-state index contributed by atoms with van der Waals surface area (Å²) in [4.78, 5) is 14.5. The Balaban J connectivity index is 1.65. The molecule has 1 aliphatic rings. The highest BCUT2D eigenvalue weighted by Gasteiger charge is 2.27. The Bertz CT molecular complexity index is 689. The molecule has 1 saturated carbocycles. The molecule has 1 aliphatic carbocycles. The van der Waals surface area contributed by atoms with Crippen LogP contribution < -0.4 is 5.32 Å². The number of hydrogen-bond donors (Lipinski definition) is 2. The minimum Gasteiger partial charge on any atom is -0.508 e. The van der Waals surface area contributed by atoms with Crippen LogP contribution in [0.4, 0.5) is 4.79 Å². The maximum atomic E-state index is 12.7. The van der Waals surface area contributed by atoms with Gasteiger partial charge in [-0.25, -0.2) is 4.79 Å². The summed E-state index contributed by atoms with van der Waals surface area (Å²) >= 11 is 0. The van der Waals surface area contributed by atoms with Crippen LogP contribution in [0.2, 0.25) is 0 Å². The third-order valence-corrected chi connectivity index (χ3v) is 4.30. The molecule has 0 aliphatic heterocycles. The fourth-order valence-electron chi connectivity index (χ4n) is 2.69. The zero-order chi connectivity index (χ0) is 17.1. The Kier molecular flexibility index (Phi) is 4.79. The second-order valence-corrected chi connectivity index (χ2v) is 6.61. The van der Waals surface area contributed by atoms with Crippen LogP contribution in [0, 0.1) is 12.8 Å². The lowest BCUT2D eigenvalue weighted by atomic mass is 10.2. The molecule has 0 unspecified atom stereocenters. The fraction of sp³-hybridized carbons (Fsp3) is 0.421. The number of carbonyl (C=O) groups excluding carboxylic acids is 1. The van der Waals surface area contributed by atoms with Crippen LogP contribution >= 0.6 is 0 Å². The number of rotatable bonds is 6. The van der Waals surface area contributed by atoms with Crippen LogP contribution in [0.3, 0.4) is 0 Å². The van der Waals surface area contributed by atoms with Crippen molar-refractivity contribution in [3.8, 4) is 5.75 Å². The third-order valence-electron chi connectivity index (χ3n) is 4.30. The molecule has 1 atom stereocenters. The molecule has 3 rings (SSSR count). The molecule has 2 amide bonds. The summed E-state index contributed by atoms with van der Waals surface area (Å²) in [6.45, 7) is 5.11. The lowest BCUT2D eigenvalue weighted by molar-refractivity contribution is 0.187. The van der Waals surface area contributed by atoms with Crippen LogP contribution in [0.15, 0.2) is 40.8 Å². The zero-order valence-electron chi connectivity index (χ0n) is 14.2. The highest BCUT2D eigenvalue weighted by molar-refractivity contribution is 5.74. The molecular formula is C19H24N2O3. The number of phenolic OH excluding ortho intramolecular Hbond substituents is 1. The van der Waals surface area contributed by atoms with E-state index in [0.717, 1.165) is 23.6 Å². The Morgan fingerprint density at radius 3 is 2.58 bits per heavy atom. The van der Waals surface area contributed by atoms with Gasteiger partial charge in [-0.2, -0.15) is 0 Å². The molecule has 1 heterocycles. The summed E-state index contributed by atoms with van der Waals surface area (Å²) in [5, 5.41) is 12.4. The van der Waals surface area contributed by atoms with Gasteiger partial charge >= 0.3 is 6.03 Å². The number of nitrogens with zero attached hydrogens (tertiary/aromatic N) is 1. The number of furan rings is 1. The predicted molar refractivity (Wildman–Crippen MR) is 91.6 cm³/mol. The van der Waals surface area contributed by atoms with E-state index in [0.29, 0.717) is 12.5 Å². The van der Waals surface area contributed by atoms with E-state index in [1.165, 1.54) is 12.8 Å². The monoisotopic (exact) mass is 328 g/mol. The minimum absolute atomic E-state index is 0.0865. The number of nitrogens with one attached hydrogen (secondary N) is 1. The highest BCUT2D eigenvalue weighted by atomic mass is 16.3. The van der Waals surface area contributed by atoms with E-state index in [4.69, 9.17) is 4.42 Å². The maximum Gasteiger partial charge on any atom is 0.318 e. The maximum absolute atomic E-state index is 12.7. The van der Waals surface area contributed by atoms with E-state index in [2.05, 4.69) is 5.32 Å². The average molecular weight is 328 g/mol. The summed E-state index contributed by atoms with van der Waals surface area (Å²) in [7, 11) is 0. The van der Waals surface area contributed by atoms with E-state index >= 15 is 0 Å². The zero-order valence-corrected chi connectivity index (χ0v) is 14.2. The van der Waals surface area contributed by atoms with E-state index in [1.807, 2.05) is 43.0 Å². The summed E-state index contributed by atoms with van der Waals surface area (Å²) in [6, 6.07) is 10.5. The van der Waals surface area contributed by atoms with Crippen molar-refractivity contribution < 1.29 is 14.3 Å². The van der Waals surface area contributed by atoms with E-state index in [1.54, 1.807) is 12.1 Å². The smallest absolute Gasteiger partial charge is 0.318 e. The SMILES string of the molecule is Cc1ccc([C@@H](C)NC(=O)N(Cc2ccc(O)cc2)CC2CC2)o1. The first-order valence-corrected chi connectivity index (χ1v) is 8.41. The molecule has 0 spiro atoms. The molecule has 0 bridgehead atoms. The fourth-order valence-corrected chi connectivity index (χ4v) is 2.69. The number of phenols is 1. The topological polar surface area (TPSA) is 65.7 Å². The number of urea groups is 1. The summed E-state index contributed by atoms with van der Waals surface area (Å²) < 4.78 is 5.59. The second kappa shape index (κ2) is 6.99. The average Bonchev–Trinajstić information content (AvgIpc) is 3.26. The lowest BCUT2D eigenvalue weighted by Gasteiger charge is -2.25. The Morgan fingerprint density at radius 1 is 1.29 bits per heavy atom. The van der Waals surface area contributed by atoms with Gasteiger partial charge in [0.25, 0.3) is 0 Å². The van der Waals surface area contributed by atoms with Crippen molar-refractivity contribution in [2.45, 2.75) is 39.3 Å². The number of aromatic hydroxyl groups is 1. The van der Waals surface area contributed by atoms with Gasteiger partial charge in [-0.05, 0) is 62.4 Å². The van der Waals surface area contributed by atoms with Gasteiger partial charge in [0.15, 0.2) is 0 Å². The second-order valence-electron chi connectivity index (χ2n) is 6.61. The molecule has 0 radical (unpaired) electrons. The number of hydrogen-bond acceptors (Lipinski definition) is 3. The van der Waals surface area contributed by atoms with E-state index < -0.39 is 0 Å². The number of carbonyl (C=O) groups is 1. The summed E-state index contributed by atoms with van der Waals surface area (Å²) in [6.07, 6.45) is 2.37. The van der Waals surface area contributed by atoms with Crippen molar-refractivity contribution in [1.82, 2.24) is 10.2 Å². The van der Waals surface area contributed by atoms with Crippen molar-refractivity contribution in [1.29, 1.82) is 0 Å². The predicted octanol–water partition coefficient (Wildman–Crippen LogP) is 3.98. The Hall–Kier alpha value is -2.43. The Morgan fingerprint density at radius 2 is 2.00 bits per heavy atom. The highest BCUT2D eigenvalue weighted by Crippen LogP contribution is 2.30. The molecule has 2 N–H and O–H groups in total. The van der Waals surface area contributed by atoms with Crippen LogP contribution in [-0.2, 0) is 6.54 Å². The van der Waals surface area contributed by atoms with Gasteiger partial charge in [0, 0.05) is 13.1 Å². The van der Waals surface area contributed by atoms with Gasteiger partial charge in [-0.1, -0.05) is 12.1 Å². The van der Waals surface area contributed by atoms with Crippen LogP contribution in [0.25, 0.3) is 0 Å². The molecule has 5 nitrogen and oxygen atoms in total. The largest absolute Gasteiger partial charge is 0.508 e. The molecule has 24 heavy (non-hydrogen) atoms. The summed E-state index contributed by atoms with van der Waals surface area (Å²) in [5.74, 6) is 2.44. The molecular weight excluding hydrogens is 304 g/mol. The number of aryl methyl sites for hydroxylation is 1. The first-order valence-electron chi connectivity index (χ1n) is 8.41. The van der Waals surface area contributed by atoms with Gasteiger partial charge in [0.05, 0.1) is 6.04 Å². The third kappa shape index (κ3) is 4.31. The number of amides is 2. The van der Waals surface area contributed by atoms with Crippen LogP contribution in [0.1, 0.15) is 42.9 Å². The van der Waals surface area contributed by atoms with E-state index in [-0.39, 0.29) is 17.8 Å². The summed E-state index contributed by atoms with van der Waals surface area (Å²) in [5.41, 5.74) is 1.00. The van der Waals surface area contributed by atoms with Crippen molar-refractivity contribution >= 4 is 6.03 Å². The molecule has 5 heteroatoms. The van der Waals surface area contributed by atoms with Gasteiger partial charge in [-0.15, -0.1) is 0 Å². The van der Waals surface area contributed by atoms with Crippen molar-refractivity contribution in [3.05, 3.63) is 53.5 Å². The lowest BCUT2D eigenvalue weighted by Crippen LogP contribution is -2.41. The van der Waals surface area contributed by atoms with Crippen LogP contribution in [-0.4, -0.2) is 22.6 Å². The van der Waals surface area contributed by atoms with Crippen molar-refractivity contribution in [2.75, 3.05) is 6.54 Å². The minimum atomic E-state index is -0.173. The molecule has 128 valence electrons. The van der Waals surface area contributed by atoms with Gasteiger partial charge in [0.1, 0.15) is 17.3 Å². The molecule has 0 saturated heterocycles. The molecule has 1 fully saturated rings. The van der Waals surface area contributed by atoms with Crippen molar-refractivity contribution in [2.24, 2.45) is 5.92 Å². The van der Waals surface area contributed by atoms with Crippen molar-refractivity contribution in [3.63, 3.8) is 0 Å². The van der Waals surface area contributed by atoms with Gasteiger partial charge in [-0.3, -0.25) is 0 Å². The van der Waals surface area contributed by atoms with E-state index in [9.17, 15) is 9.90 Å². The Labute approximate surface area is 142 Å². The van der Waals surface area contributed by atoms with Gasteiger partial charge in [0.2, 0.25) is 0 Å². The number of benzene rings is 1. The molecule has 2 aromatic rings. The standard InChI is InChI=1S/C19H24N2O3/c1-13-3-10-18(24-13)14(2)20-19(23)21(11-15-4-5-15)12-16-6-8-17(22)9-7-16/h3,6-10,14-15,22H,4-5,11-12H2,1-2H3,(H,20,23)/t14-/m1/s1. The van der Waals surface area contributed by atoms with Crippen LogP contribution in [0.5, 0.6) is 5.75 Å². The first kappa shape index (κ1) is 16.4. The van der Waals surface area contributed by atoms with Gasteiger partial charge < -0.3 is 19.7 Å². The molecule has 1 aromatic carbocycles. The molecule has 1 aromatic heterocycles.